The van der Waals surface area contributed by atoms with E-state index in [-0.39, 0.29) is 0 Å². The van der Waals surface area contributed by atoms with Crippen molar-refractivity contribution in [1.82, 2.24) is 30.2 Å². The van der Waals surface area contributed by atoms with Crippen molar-refractivity contribution in [2.75, 3.05) is 12.8 Å². The largest absolute Gasteiger partial charge is 0.497 e. The summed E-state index contributed by atoms with van der Waals surface area (Å²) < 4.78 is 6.88. The van der Waals surface area contributed by atoms with Crippen LogP contribution in [-0.4, -0.2) is 37.3 Å². The number of nitrogen functional groups attached to an aromatic ring is 1. The van der Waals surface area contributed by atoms with Gasteiger partial charge in [0, 0.05) is 5.56 Å². The number of rotatable bonds is 3. The molecule has 0 aliphatic rings. The smallest absolute Gasteiger partial charge is 0.188 e. The lowest BCUT2D eigenvalue weighted by molar-refractivity contribution is 0.415. The molecule has 4 rings (SSSR count). The fourth-order valence-corrected chi connectivity index (χ4v) is 2.58. The van der Waals surface area contributed by atoms with Gasteiger partial charge in [-0.05, 0) is 30.7 Å². The highest BCUT2D eigenvalue weighted by atomic mass is 16.5. The van der Waals surface area contributed by atoms with Gasteiger partial charge < -0.3 is 10.5 Å². The van der Waals surface area contributed by atoms with Crippen molar-refractivity contribution in [3.05, 3.63) is 42.1 Å². The number of hydrogen-bond donors (Lipinski definition) is 2. The van der Waals surface area contributed by atoms with Crippen LogP contribution in [0.25, 0.3) is 28.1 Å². The molecule has 3 heterocycles. The third kappa shape index (κ3) is 2.16. The summed E-state index contributed by atoms with van der Waals surface area (Å²) in [6, 6.07) is 9.65. The summed E-state index contributed by atoms with van der Waals surface area (Å²) in [6.07, 6.45) is 1.66. The molecule has 120 valence electrons. The Hall–Kier alpha value is -3.42. The number of aromatic amines is 1. The Kier molecular flexibility index (Phi) is 3.16. The lowest BCUT2D eigenvalue weighted by atomic mass is 10.1. The number of aromatic nitrogens is 6. The zero-order valence-corrected chi connectivity index (χ0v) is 13.2. The van der Waals surface area contributed by atoms with Crippen LogP contribution in [0, 0.1) is 6.92 Å². The molecule has 0 saturated heterocycles. The first kappa shape index (κ1) is 14.2. The van der Waals surface area contributed by atoms with Gasteiger partial charge in [0.15, 0.2) is 11.5 Å². The molecule has 3 N–H and O–H groups in total. The maximum atomic E-state index is 5.81. The Morgan fingerprint density at radius 3 is 2.88 bits per heavy atom. The number of H-pyrrole nitrogens is 1. The summed E-state index contributed by atoms with van der Waals surface area (Å²) in [7, 11) is 1.64. The highest BCUT2D eigenvalue weighted by Crippen LogP contribution is 2.25. The van der Waals surface area contributed by atoms with E-state index in [1.54, 1.807) is 18.0 Å². The van der Waals surface area contributed by atoms with E-state index < -0.39 is 0 Å². The molecule has 0 aliphatic carbocycles. The van der Waals surface area contributed by atoms with E-state index in [1.165, 1.54) is 0 Å². The molecule has 8 nitrogen and oxygen atoms in total. The average Bonchev–Trinajstić information content (AvgIpc) is 3.18. The molecule has 8 heteroatoms. The predicted octanol–water partition coefficient (Wildman–Crippen LogP) is 2.10. The minimum Gasteiger partial charge on any atom is -0.497 e. The number of ether oxygens (including phenoxy) is 1. The third-order valence-corrected chi connectivity index (χ3v) is 3.84. The fraction of sp³-hybridized carbons (Fsp3) is 0.125. The summed E-state index contributed by atoms with van der Waals surface area (Å²) in [5.41, 5.74) is 9.06. The molecule has 1 aromatic carbocycles. The van der Waals surface area contributed by atoms with Crippen LogP contribution in [0.3, 0.4) is 0 Å². The van der Waals surface area contributed by atoms with E-state index >= 15 is 0 Å². The van der Waals surface area contributed by atoms with Gasteiger partial charge in [0.25, 0.3) is 0 Å². The van der Waals surface area contributed by atoms with E-state index in [0.29, 0.717) is 17.3 Å². The summed E-state index contributed by atoms with van der Waals surface area (Å²) >= 11 is 0. The first-order valence-electron chi connectivity index (χ1n) is 7.34. The molecule has 3 aromatic heterocycles. The van der Waals surface area contributed by atoms with Gasteiger partial charge in [0.05, 0.1) is 24.4 Å². The SMILES string of the molecule is COc1cccc(-c2cc(C)c(-n3ncc4c(N)[nH]nc43)nn2)c1. The Balaban J connectivity index is 1.79. The molecule has 0 saturated carbocycles. The Morgan fingerprint density at radius 2 is 2.08 bits per heavy atom. The molecule has 0 radical (unpaired) electrons. The van der Waals surface area contributed by atoms with Crippen LogP contribution in [-0.2, 0) is 0 Å². The molecule has 0 fully saturated rings. The second-order valence-corrected chi connectivity index (χ2v) is 5.40. The monoisotopic (exact) mass is 321 g/mol. The van der Waals surface area contributed by atoms with Crippen LogP contribution < -0.4 is 10.5 Å². The van der Waals surface area contributed by atoms with Gasteiger partial charge in [-0.2, -0.15) is 14.9 Å². The van der Waals surface area contributed by atoms with E-state index in [9.17, 15) is 0 Å². The van der Waals surface area contributed by atoms with Gasteiger partial charge in [0.2, 0.25) is 0 Å². The van der Waals surface area contributed by atoms with Gasteiger partial charge in [-0.3, -0.25) is 5.10 Å². The fourth-order valence-electron chi connectivity index (χ4n) is 2.58. The number of anilines is 1. The molecular weight excluding hydrogens is 306 g/mol. The first-order chi connectivity index (χ1) is 11.7. The summed E-state index contributed by atoms with van der Waals surface area (Å²) in [5.74, 6) is 1.87. The highest BCUT2D eigenvalue weighted by molar-refractivity contribution is 5.86. The van der Waals surface area contributed by atoms with Gasteiger partial charge in [-0.1, -0.05) is 12.1 Å². The number of aryl methyl sites for hydroxylation is 1. The summed E-state index contributed by atoms with van der Waals surface area (Å²) in [5, 5.41) is 20.6. The standard InChI is InChI=1S/C16H15N7O/c1-9-6-13(10-4-3-5-11(7-10)24-2)19-21-15(9)23-16-12(8-18-23)14(17)20-22-16/h3-8H,1-2H3,(H3,17,20,22). The number of nitrogens with two attached hydrogens (primary N) is 1. The second kappa shape index (κ2) is 5.34. The molecule has 0 unspecified atom stereocenters. The van der Waals surface area contributed by atoms with Crippen molar-refractivity contribution < 1.29 is 4.74 Å². The molecule has 0 amide bonds. The van der Waals surface area contributed by atoms with Crippen LogP contribution in [0.2, 0.25) is 0 Å². The summed E-state index contributed by atoms with van der Waals surface area (Å²) in [6.45, 7) is 1.96. The van der Waals surface area contributed by atoms with E-state index in [2.05, 4.69) is 25.5 Å². The van der Waals surface area contributed by atoms with Crippen LogP contribution in [0.5, 0.6) is 5.75 Å². The first-order valence-corrected chi connectivity index (χ1v) is 7.34. The van der Waals surface area contributed by atoms with Crippen molar-refractivity contribution in [2.45, 2.75) is 6.92 Å². The maximum absolute atomic E-state index is 5.81. The van der Waals surface area contributed by atoms with Gasteiger partial charge in [-0.15, -0.1) is 10.2 Å². The number of benzene rings is 1. The van der Waals surface area contributed by atoms with Crippen molar-refractivity contribution in [3.8, 4) is 22.8 Å². The Morgan fingerprint density at radius 1 is 1.21 bits per heavy atom. The van der Waals surface area contributed by atoms with E-state index in [1.807, 2.05) is 37.3 Å². The molecule has 24 heavy (non-hydrogen) atoms. The molecule has 0 bridgehead atoms. The number of hydrogen-bond acceptors (Lipinski definition) is 6. The quantitative estimate of drug-likeness (QED) is 0.598. The molecule has 0 spiro atoms. The second-order valence-electron chi connectivity index (χ2n) is 5.40. The zero-order chi connectivity index (χ0) is 16.7. The van der Waals surface area contributed by atoms with Gasteiger partial charge in [-0.25, -0.2) is 0 Å². The van der Waals surface area contributed by atoms with Crippen LogP contribution >= 0.6 is 0 Å². The molecule has 0 atom stereocenters. The lowest BCUT2D eigenvalue weighted by Crippen LogP contribution is -2.05. The number of methoxy groups -OCH3 is 1. The van der Waals surface area contributed by atoms with Gasteiger partial charge >= 0.3 is 0 Å². The number of fused-ring (bicyclic) bond motifs is 1. The van der Waals surface area contributed by atoms with Crippen LogP contribution in [0.4, 0.5) is 5.82 Å². The van der Waals surface area contributed by atoms with E-state index in [0.717, 1.165) is 28.0 Å². The van der Waals surface area contributed by atoms with E-state index in [4.69, 9.17) is 10.5 Å². The molecular formula is C16H15N7O. The summed E-state index contributed by atoms with van der Waals surface area (Å²) in [4.78, 5) is 0. The number of nitrogens with zero attached hydrogens (tertiary/aromatic N) is 5. The van der Waals surface area contributed by atoms with Crippen LogP contribution in [0.15, 0.2) is 36.5 Å². The maximum Gasteiger partial charge on any atom is 0.188 e. The average molecular weight is 321 g/mol. The highest BCUT2D eigenvalue weighted by Gasteiger charge is 2.15. The Bertz CT molecular complexity index is 1030. The third-order valence-electron chi connectivity index (χ3n) is 3.84. The Labute approximate surface area is 137 Å². The van der Waals surface area contributed by atoms with Crippen molar-refractivity contribution in [3.63, 3.8) is 0 Å². The lowest BCUT2D eigenvalue weighted by Gasteiger charge is -2.07. The minimum absolute atomic E-state index is 0.481. The molecule has 4 aromatic rings. The van der Waals surface area contributed by atoms with Crippen molar-refractivity contribution >= 4 is 16.9 Å². The van der Waals surface area contributed by atoms with Crippen LogP contribution in [0.1, 0.15) is 5.56 Å². The zero-order valence-electron chi connectivity index (χ0n) is 13.2. The number of nitrogens with one attached hydrogen (secondary N) is 1. The minimum atomic E-state index is 0.481. The van der Waals surface area contributed by atoms with Gasteiger partial charge in [0.1, 0.15) is 11.6 Å². The molecule has 0 aliphatic heterocycles. The topological polar surface area (TPSA) is 108 Å². The predicted molar refractivity (Wildman–Crippen MR) is 89.9 cm³/mol. The van der Waals surface area contributed by atoms with Crippen molar-refractivity contribution in [2.24, 2.45) is 0 Å². The normalized spacial score (nSPS) is 11.1. The van der Waals surface area contributed by atoms with Crippen molar-refractivity contribution in [1.29, 1.82) is 0 Å².